The Balaban J connectivity index is 1.41. The number of unbranched alkanes of at least 4 members (excludes halogenated alkanes) is 2. The first-order valence-electron chi connectivity index (χ1n) is 12.2. The van der Waals surface area contributed by atoms with Crippen LogP contribution in [0.25, 0.3) is 0 Å². The second-order valence-corrected chi connectivity index (χ2v) is 9.55. The number of pyridine rings is 1. The number of aliphatic hydroxyl groups excluding tert-OH is 1. The van der Waals surface area contributed by atoms with Gasteiger partial charge in [-0.15, -0.1) is 0 Å². The van der Waals surface area contributed by atoms with E-state index in [1.165, 1.54) is 5.56 Å². The summed E-state index contributed by atoms with van der Waals surface area (Å²) in [6.07, 6.45) is 6.17. The molecule has 0 saturated carbocycles. The molecule has 0 amide bonds. The number of anilines is 1. The number of ether oxygens (including phenoxy) is 1. The zero-order valence-electron chi connectivity index (χ0n) is 20.1. The van der Waals surface area contributed by atoms with Crippen molar-refractivity contribution in [1.29, 1.82) is 0 Å². The SMILES string of the molecule is Nc1c(Cl)cc(C(O)CN(CCCCCOCCCc2ccccn2)Cc2ccccc2)cc1Cl. The second-order valence-electron chi connectivity index (χ2n) is 8.73. The molecule has 1 heterocycles. The number of aliphatic hydroxyl groups is 1. The van der Waals surface area contributed by atoms with Gasteiger partial charge in [0, 0.05) is 38.2 Å². The minimum absolute atomic E-state index is 0.337. The van der Waals surface area contributed by atoms with E-state index >= 15 is 0 Å². The molecule has 35 heavy (non-hydrogen) atoms. The van der Waals surface area contributed by atoms with Crippen molar-refractivity contribution >= 4 is 28.9 Å². The highest BCUT2D eigenvalue weighted by Gasteiger charge is 2.16. The lowest BCUT2D eigenvalue weighted by molar-refractivity contribution is 0.105. The predicted octanol–water partition coefficient (Wildman–Crippen LogP) is 6.33. The molecule has 3 aromatic rings. The molecule has 0 radical (unpaired) electrons. The fourth-order valence-corrected chi connectivity index (χ4v) is 4.45. The van der Waals surface area contributed by atoms with Gasteiger partial charge in [-0.05, 0) is 74.0 Å². The fraction of sp³-hybridized carbons (Fsp3) is 0.393. The fourth-order valence-electron chi connectivity index (χ4n) is 3.94. The number of halogens is 2. The summed E-state index contributed by atoms with van der Waals surface area (Å²) in [5.74, 6) is 0. The highest BCUT2D eigenvalue weighted by atomic mass is 35.5. The van der Waals surface area contributed by atoms with Crippen molar-refractivity contribution in [1.82, 2.24) is 9.88 Å². The van der Waals surface area contributed by atoms with Crippen LogP contribution >= 0.6 is 23.2 Å². The number of nitrogens with zero attached hydrogens (tertiary/aromatic N) is 2. The van der Waals surface area contributed by atoms with Gasteiger partial charge in [-0.25, -0.2) is 0 Å². The zero-order chi connectivity index (χ0) is 24.9. The quantitative estimate of drug-likeness (QED) is 0.183. The Labute approximate surface area is 218 Å². The minimum Gasteiger partial charge on any atom is -0.396 e. The van der Waals surface area contributed by atoms with Gasteiger partial charge in [0.2, 0.25) is 0 Å². The van der Waals surface area contributed by atoms with E-state index in [0.29, 0.717) is 27.8 Å². The predicted molar refractivity (Wildman–Crippen MR) is 145 cm³/mol. The van der Waals surface area contributed by atoms with E-state index in [0.717, 1.165) is 64.1 Å². The van der Waals surface area contributed by atoms with Gasteiger partial charge in [0.25, 0.3) is 0 Å². The van der Waals surface area contributed by atoms with Gasteiger partial charge in [-0.2, -0.15) is 0 Å². The van der Waals surface area contributed by atoms with Crippen LogP contribution in [0.3, 0.4) is 0 Å². The molecule has 3 N–H and O–H groups in total. The van der Waals surface area contributed by atoms with Crippen LogP contribution in [0.4, 0.5) is 5.69 Å². The van der Waals surface area contributed by atoms with E-state index in [2.05, 4.69) is 28.1 Å². The molecule has 2 aromatic carbocycles. The molecule has 0 bridgehead atoms. The van der Waals surface area contributed by atoms with Crippen molar-refractivity contribution in [2.24, 2.45) is 0 Å². The number of aromatic nitrogens is 1. The Morgan fingerprint density at radius 2 is 1.63 bits per heavy atom. The molecule has 3 rings (SSSR count). The smallest absolute Gasteiger partial charge is 0.0918 e. The number of hydrogen-bond acceptors (Lipinski definition) is 5. The third-order valence-electron chi connectivity index (χ3n) is 5.88. The number of benzene rings is 2. The van der Waals surface area contributed by atoms with Crippen LogP contribution in [0, 0.1) is 0 Å². The Bertz CT molecular complexity index is 983. The molecule has 7 heteroatoms. The number of nitrogens with two attached hydrogens (primary N) is 1. The summed E-state index contributed by atoms with van der Waals surface area (Å²) in [4.78, 5) is 6.61. The topological polar surface area (TPSA) is 71.6 Å². The molecule has 1 unspecified atom stereocenters. The molecule has 1 atom stereocenters. The second kappa shape index (κ2) is 15.1. The lowest BCUT2D eigenvalue weighted by atomic mass is 10.1. The summed E-state index contributed by atoms with van der Waals surface area (Å²) >= 11 is 12.4. The molecule has 0 spiro atoms. The van der Waals surface area contributed by atoms with Crippen molar-refractivity contribution in [3.8, 4) is 0 Å². The summed E-state index contributed by atoms with van der Waals surface area (Å²) < 4.78 is 5.80. The molecule has 0 aliphatic heterocycles. The Kier molecular flexibility index (Phi) is 11.8. The largest absolute Gasteiger partial charge is 0.396 e. The van der Waals surface area contributed by atoms with Gasteiger partial charge in [0.15, 0.2) is 0 Å². The number of aryl methyl sites for hydroxylation is 1. The van der Waals surface area contributed by atoms with Crippen molar-refractivity contribution in [3.05, 3.63) is 93.7 Å². The first-order chi connectivity index (χ1) is 17.0. The maximum absolute atomic E-state index is 10.9. The maximum Gasteiger partial charge on any atom is 0.0918 e. The van der Waals surface area contributed by atoms with Crippen molar-refractivity contribution in [2.75, 3.05) is 32.0 Å². The number of hydrogen-bond donors (Lipinski definition) is 2. The summed E-state index contributed by atoms with van der Waals surface area (Å²) in [5.41, 5.74) is 9.18. The van der Waals surface area contributed by atoms with Gasteiger partial charge >= 0.3 is 0 Å². The summed E-state index contributed by atoms with van der Waals surface area (Å²) in [5, 5.41) is 11.6. The van der Waals surface area contributed by atoms with Crippen molar-refractivity contribution < 1.29 is 9.84 Å². The lowest BCUT2D eigenvalue weighted by Crippen LogP contribution is -2.29. The third-order valence-corrected chi connectivity index (χ3v) is 6.50. The zero-order valence-corrected chi connectivity index (χ0v) is 21.6. The molecule has 188 valence electrons. The third kappa shape index (κ3) is 9.79. The molecular formula is C28H35Cl2N3O2. The van der Waals surface area contributed by atoms with Crippen LogP contribution in [-0.4, -0.2) is 41.3 Å². The lowest BCUT2D eigenvalue weighted by Gasteiger charge is -2.26. The van der Waals surface area contributed by atoms with E-state index in [4.69, 9.17) is 33.7 Å². The average molecular weight is 517 g/mol. The highest BCUT2D eigenvalue weighted by molar-refractivity contribution is 6.38. The van der Waals surface area contributed by atoms with Crippen LogP contribution in [0.5, 0.6) is 0 Å². The van der Waals surface area contributed by atoms with Gasteiger partial charge in [0.1, 0.15) is 0 Å². The molecule has 0 aliphatic rings. The molecule has 5 nitrogen and oxygen atoms in total. The van der Waals surface area contributed by atoms with Gasteiger partial charge in [-0.1, -0.05) is 59.6 Å². The highest BCUT2D eigenvalue weighted by Crippen LogP contribution is 2.31. The van der Waals surface area contributed by atoms with Crippen LogP contribution in [0.1, 0.15) is 48.6 Å². The van der Waals surface area contributed by atoms with E-state index in [9.17, 15) is 5.11 Å². The maximum atomic E-state index is 10.9. The van der Waals surface area contributed by atoms with E-state index in [1.807, 2.05) is 36.5 Å². The first-order valence-corrected chi connectivity index (χ1v) is 12.9. The molecule has 0 aliphatic carbocycles. The summed E-state index contributed by atoms with van der Waals surface area (Å²) in [6, 6.07) is 19.7. The number of nitrogen functional groups attached to an aromatic ring is 1. The van der Waals surface area contributed by atoms with Gasteiger partial charge in [0.05, 0.1) is 21.8 Å². The van der Waals surface area contributed by atoms with E-state index < -0.39 is 6.10 Å². The summed E-state index contributed by atoms with van der Waals surface area (Å²) in [7, 11) is 0. The van der Waals surface area contributed by atoms with Gasteiger partial charge in [-0.3, -0.25) is 9.88 Å². The molecule has 0 fully saturated rings. The van der Waals surface area contributed by atoms with E-state index in [-0.39, 0.29) is 0 Å². The Morgan fingerprint density at radius 3 is 2.34 bits per heavy atom. The van der Waals surface area contributed by atoms with E-state index in [1.54, 1.807) is 12.1 Å². The first kappa shape index (κ1) is 27.4. The molecule has 0 saturated heterocycles. The van der Waals surface area contributed by atoms with Crippen LogP contribution < -0.4 is 5.73 Å². The van der Waals surface area contributed by atoms with Crippen LogP contribution in [0.15, 0.2) is 66.9 Å². The van der Waals surface area contributed by atoms with Crippen molar-refractivity contribution in [2.45, 2.75) is 44.8 Å². The normalized spacial score (nSPS) is 12.2. The number of rotatable bonds is 15. The molecule has 1 aromatic heterocycles. The van der Waals surface area contributed by atoms with Gasteiger partial charge < -0.3 is 15.6 Å². The molecular weight excluding hydrogens is 481 g/mol. The Hall–Kier alpha value is -2.15. The van der Waals surface area contributed by atoms with Crippen LogP contribution in [-0.2, 0) is 17.7 Å². The van der Waals surface area contributed by atoms with Crippen LogP contribution in [0.2, 0.25) is 10.0 Å². The minimum atomic E-state index is -0.711. The standard InChI is InChI=1S/C28H35Cl2N3O2/c29-25-18-23(19-26(30)28(25)31)27(34)21-33(20-22-10-3-1-4-11-22)15-7-2-8-16-35-17-9-13-24-12-5-6-14-32-24/h1,3-6,10-12,14,18-19,27,34H,2,7-9,13,15-17,20-21,31H2. The van der Waals surface area contributed by atoms with Crippen molar-refractivity contribution in [3.63, 3.8) is 0 Å². The monoisotopic (exact) mass is 515 g/mol. The average Bonchev–Trinajstić information content (AvgIpc) is 2.87. The summed E-state index contributed by atoms with van der Waals surface area (Å²) in [6.45, 7) is 3.65. The Morgan fingerprint density at radius 1 is 0.914 bits per heavy atom.